The van der Waals surface area contributed by atoms with E-state index in [1.807, 2.05) is 34.2 Å². The van der Waals surface area contributed by atoms with Crippen LogP contribution in [-0.2, 0) is 6.67 Å². The number of amides is 1. The number of fused-ring (bicyclic) bond motifs is 1. The van der Waals surface area contributed by atoms with Crippen LogP contribution in [0.25, 0.3) is 10.9 Å². The first-order valence-electron chi connectivity index (χ1n) is 8.26. The molecule has 0 bridgehead atoms. The molecule has 0 aliphatic carbocycles. The lowest BCUT2D eigenvalue weighted by Crippen LogP contribution is -2.22. The highest BCUT2D eigenvalue weighted by molar-refractivity contribution is 7.12. The molecule has 1 fully saturated rings. The number of azo groups is 1. The molecule has 25 heavy (non-hydrogen) atoms. The number of nitrogens with zero attached hydrogens (tertiary/aromatic N) is 4. The second kappa shape index (κ2) is 6.78. The van der Waals surface area contributed by atoms with Gasteiger partial charge in [-0.3, -0.25) is 14.3 Å². The predicted molar refractivity (Wildman–Crippen MR) is 97.6 cm³/mol. The average molecular weight is 354 g/mol. The van der Waals surface area contributed by atoms with Gasteiger partial charge in [0.1, 0.15) is 0 Å². The van der Waals surface area contributed by atoms with Crippen molar-refractivity contribution in [3.8, 4) is 5.88 Å². The molecule has 4 rings (SSSR count). The maximum absolute atomic E-state index is 12.1. The lowest BCUT2D eigenvalue weighted by Gasteiger charge is -2.17. The highest BCUT2D eigenvalue weighted by atomic mass is 32.1. The first-order chi connectivity index (χ1) is 12.2. The molecule has 1 saturated heterocycles. The molecule has 0 spiro atoms. The third-order valence-corrected chi connectivity index (χ3v) is 5.29. The molecule has 6 nitrogen and oxygen atoms in total. The third-order valence-electron chi connectivity index (χ3n) is 4.43. The summed E-state index contributed by atoms with van der Waals surface area (Å²) in [5.41, 5.74) is 1.24. The van der Waals surface area contributed by atoms with E-state index in [1.54, 1.807) is 12.1 Å². The average Bonchev–Trinajstić information content (AvgIpc) is 3.37. The van der Waals surface area contributed by atoms with Gasteiger partial charge >= 0.3 is 5.91 Å². The quantitative estimate of drug-likeness (QED) is 0.707. The minimum Gasteiger partial charge on any atom is -0.493 e. The summed E-state index contributed by atoms with van der Waals surface area (Å²) in [6, 6.07) is 11.2. The Hall–Kier alpha value is -2.51. The van der Waals surface area contributed by atoms with Crippen LogP contribution in [-0.4, -0.2) is 33.6 Å². The Morgan fingerprint density at radius 2 is 1.96 bits per heavy atom. The van der Waals surface area contributed by atoms with Crippen LogP contribution < -0.4 is 0 Å². The molecule has 0 atom stereocenters. The van der Waals surface area contributed by atoms with Crippen LogP contribution in [0.1, 0.15) is 22.5 Å². The standard InChI is InChI=1S/C18H18N4O2S/c23-17(15-8-5-11-25-15)20-19-16-13-6-1-2-7-14(13)22(18(16)24)12-21-9-3-4-10-21/h1-2,5-8,11,24H,3-4,9-10,12H2. The van der Waals surface area contributed by atoms with Gasteiger partial charge in [0.15, 0.2) is 5.69 Å². The maximum Gasteiger partial charge on any atom is 0.305 e. The zero-order chi connectivity index (χ0) is 17.2. The van der Waals surface area contributed by atoms with Crippen molar-refractivity contribution >= 4 is 33.8 Å². The molecule has 7 heteroatoms. The summed E-state index contributed by atoms with van der Waals surface area (Å²) in [4.78, 5) is 14.9. The van der Waals surface area contributed by atoms with E-state index in [4.69, 9.17) is 0 Å². The van der Waals surface area contributed by atoms with Gasteiger partial charge in [-0.25, -0.2) is 0 Å². The molecule has 0 radical (unpaired) electrons. The molecule has 0 saturated carbocycles. The van der Waals surface area contributed by atoms with E-state index in [1.165, 1.54) is 24.2 Å². The normalized spacial score (nSPS) is 15.5. The van der Waals surface area contributed by atoms with Crippen molar-refractivity contribution in [2.24, 2.45) is 10.2 Å². The lowest BCUT2D eigenvalue weighted by atomic mass is 10.2. The van der Waals surface area contributed by atoms with E-state index >= 15 is 0 Å². The highest BCUT2D eigenvalue weighted by Crippen LogP contribution is 2.39. The maximum atomic E-state index is 12.1. The molecular formula is C18H18N4O2S. The number of aromatic nitrogens is 1. The van der Waals surface area contributed by atoms with Crippen LogP contribution in [0.2, 0.25) is 0 Å². The fourth-order valence-corrected chi connectivity index (χ4v) is 3.78. The molecule has 1 amide bonds. The van der Waals surface area contributed by atoms with E-state index in [2.05, 4.69) is 15.1 Å². The number of hydrogen-bond acceptors (Lipinski definition) is 5. The number of rotatable bonds is 4. The van der Waals surface area contributed by atoms with E-state index in [0.717, 1.165) is 24.0 Å². The Balaban J connectivity index is 1.70. The van der Waals surface area contributed by atoms with Crippen LogP contribution in [0.3, 0.4) is 0 Å². The van der Waals surface area contributed by atoms with Gasteiger partial charge in [0.2, 0.25) is 5.88 Å². The number of hydrogen-bond donors (Lipinski definition) is 1. The molecule has 3 aromatic rings. The number of thiophene rings is 1. The van der Waals surface area contributed by atoms with E-state index in [9.17, 15) is 9.90 Å². The van der Waals surface area contributed by atoms with Crippen molar-refractivity contribution in [3.05, 3.63) is 46.7 Å². The largest absolute Gasteiger partial charge is 0.493 e. The zero-order valence-corrected chi connectivity index (χ0v) is 14.4. The first kappa shape index (κ1) is 16.0. The van der Waals surface area contributed by atoms with Crippen molar-refractivity contribution in [1.29, 1.82) is 0 Å². The molecule has 1 aliphatic rings. The van der Waals surface area contributed by atoms with E-state index < -0.39 is 5.91 Å². The summed E-state index contributed by atoms with van der Waals surface area (Å²) < 4.78 is 1.84. The Morgan fingerprint density at radius 1 is 1.16 bits per heavy atom. The Morgan fingerprint density at radius 3 is 2.72 bits per heavy atom. The van der Waals surface area contributed by atoms with Crippen LogP contribution in [0.15, 0.2) is 52.0 Å². The zero-order valence-electron chi connectivity index (χ0n) is 13.6. The summed E-state index contributed by atoms with van der Waals surface area (Å²) >= 11 is 1.32. The van der Waals surface area contributed by atoms with Gasteiger partial charge in [-0.05, 0) is 43.4 Å². The van der Waals surface area contributed by atoms with Gasteiger partial charge in [-0.2, -0.15) is 0 Å². The molecule has 1 aromatic carbocycles. The van der Waals surface area contributed by atoms with E-state index in [-0.39, 0.29) is 5.88 Å². The Labute approximate surface area is 149 Å². The van der Waals surface area contributed by atoms with Gasteiger partial charge < -0.3 is 5.11 Å². The van der Waals surface area contributed by atoms with Gasteiger partial charge in [0.05, 0.1) is 17.1 Å². The van der Waals surface area contributed by atoms with Gasteiger partial charge in [0, 0.05) is 5.39 Å². The second-order valence-corrected chi connectivity index (χ2v) is 7.01. The monoisotopic (exact) mass is 354 g/mol. The molecular weight excluding hydrogens is 336 g/mol. The van der Waals surface area contributed by atoms with Crippen molar-refractivity contribution in [3.63, 3.8) is 0 Å². The van der Waals surface area contributed by atoms with Crippen LogP contribution in [0.5, 0.6) is 5.88 Å². The van der Waals surface area contributed by atoms with Crippen LogP contribution in [0, 0.1) is 0 Å². The smallest absolute Gasteiger partial charge is 0.305 e. The number of aromatic hydroxyl groups is 1. The summed E-state index contributed by atoms with van der Waals surface area (Å²) in [5.74, 6) is -0.346. The number of benzene rings is 1. The molecule has 1 aliphatic heterocycles. The summed E-state index contributed by atoms with van der Waals surface area (Å²) in [6.07, 6.45) is 2.36. The van der Waals surface area contributed by atoms with Crippen molar-refractivity contribution in [2.75, 3.05) is 13.1 Å². The highest BCUT2D eigenvalue weighted by Gasteiger charge is 2.20. The molecule has 0 unspecified atom stereocenters. The minimum absolute atomic E-state index is 0.0517. The number of carbonyl (C=O) groups is 1. The molecule has 128 valence electrons. The predicted octanol–water partition coefficient (Wildman–Crippen LogP) is 4.39. The van der Waals surface area contributed by atoms with Gasteiger partial charge in [-0.15, -0.1) is 21.6 Å². The van der Waals surface area contributed by atoms with E-state index in [0.29, 0.717) is 17.2 Å². The molecule has 1 N–H and O–H groups in total. The number of para-hydroxylation sites is 1. The summed E-state index contributed by atoms with van der Waals surface area (Å²) in [7, 11) is 0. The Kier molecular flexibility index (Phi) is 4.33. The topological polar surface area (TPSA) is 70.2 Å². The van der Waals surface area contributed by atoms with Crippen molar-refractivity contribution in [1.82, 2.24) is 9.47 Å². The summed E-state index contributed by atoms with van der Waals surface area (Å²) in [6.45, 7) is 2.67. The van der Waals surface area contributed by atoms with Gasteiger partial charge in [0.25, 0.3) is 0 Å². The first-order valence-corrected chi connectivity index (χ1v) is 9.14. The fourth-order valence-electron chi connectivity index (χ4n) is 3.18. The fraction of sp³-hybridized carbons (Fsp3) is 0.278. The Bertz CT molecular complexity index is 924. The van der Waals surface area contributed by atoms with Crippen molar-refractivity contribution < 1.29 is 9.90 Å². The molecule has 2 aromatic heterocycles. The van der Waals surface area contributed by atoms with Gasteiger partial charge in [-0.1, -0.05) is 24.3 Å². The lowest BCUT2D eigenvalue weighted by molar-refractivity contribution is 0.0999. The minimum atomic E-state index is -0.397. The molecule has 3 heterocycles. The number of carbonyl (C=O) groups excluding carboxylic acids is 1. The second-order valence-electron chi connectivity index (χ2n) is 6.07. The van der Waals surface area contributed by atoms with Crippen molar-refractivity contribution in [2.45, 2.75) is 19.5 Å². The SMILES string of the molecule is O=C(N=Nc1c(O)n(CN2CCCC2)c2ccccc12)c1cccs1. The van der Waals surface area contributed by atoms with Crippen LogP contribution >= 0.6 is 11.3 Å². The third kappa shape index (κ3) is 3.08. The summed E-state index contributed by atoms with van der Waals surface area (Å²) in [5, 5.41) is 21.2. The number of likely N-dealkylation sites (tertiary alicyclic amines) is 1. The van der Waals surface area contributed by atoms with Crippen LogP contribution in [0.4, 0.5) is 5.69 Å².